The van der Waals surface area contributed by atoms with Gasteiger partial charge in [0.25, 0.3) is 0 Å². The first-order valence-electron chi connectivity index (χ1n) is 6.41. The maximum atomic E-state index is 4.49. The molecule has 0 aliphatic rings. The van der Waals surface area contributed by atoms with E-state index in [4.69, 9.17) is 0 Å². The van der Waals surface area contributed by atoms with E-state index in [-0.39, 0.29) is 0 Å². The molecule has 0 atom stereocenters. The maximum absolute atomic E-state index is 4.49. The molecule has 0 aromatic carbocycles. The molecule has 1 N–H and O–H groups in total. The largest absolute Gasteiger partial charge is 0.307 e. The average molecular weight is 247 g/mol. The molecule has 0 bridgehead atoms. The summed E-state index contributed by atoms with van der Waals surface area (Å²) in [5.74, 6) is 0. The molecule has 0 aliphatic heterocycles. The number of aryl methyl sites for hydroxylation is 3. The van der Waals surface area contributed by atoms with Crippen LogP contribution in [0.15, 0.2) is 18.5 Å². The molecule has 0 spiro atoms. The van der Waals surface area contributed by atoms with Crippen molar-refractivity contribution in [3.8, 4) is 0 Å². The van der Waals surface area contributed by atoms with Crippen LogP contribution in [0.1, 0.15) is 30.3 Å². The first-order chi connectivity index (χ1) is 8.69. The second-order valence-corrected chi connectivity index (χ2v) is 4.59. The van der Waals surface area contributed by atoms with Crippen LogP contribution in [0.2, 0.25) is 0 Å². The standard InChI is InChI=1S/C13H21N5/c1-4-6-18-10-12(11(2)15-18)8-14-9-13-5-7-17(3)16-13/h5,7,10,14H,4,6,8-9H2,1-3H3. The Morgan fingerprint density at radius 3 is 2.78 bits per heavy atom. The molecule has 0 saturated heterocycles. The second kappa shape index (κ2) is 5.82. The Bertz CT molecular complexity index is 497. The molecule has 0 aliphatic carbocycles. The predicted octanol–water partition coefficient (Wildman–Crippen LogP) is 1.62. The quantitative estimate of drug-likeness (QED) is 0.844. The Balaban J connectivity index is 1.86. The van der Waals surface area contributed by atoms with Crippen molar-refractivity contribution in [1.29, 1.82) is 0 Å². The molecule has 2 rings (SSSR count). The van der Waals surface area contributed by atoms with Gasteiger partial charge in [0.15, 0.2) is 0 Å². The lowest BCUT2D eigenvalue weighted by molar-refractivity contribution is 0.597. The fourth-order valence-electron chi connectivity index (χ4n) is 1.96. The lowest BCUT2D eigenvalue weighted by atomic mass is 10.2. The molecule has 0 fully saturated rings. The number of rotatable bonds is 6. The van der Waals surface area contributed by atoms with E-state index in [0.29, 0.717) is 0 Å². The monoisotopic (exact) mass is 247 g/mol. The van der Waals surface area contributed by atoms with Crippen molar-refractivity contribution in [2.24, 2.45) is 7.05 Å². The van der Waals surface area contributed by atoms with E-state index in [2.05, 4.69) is 35.6 Å². The second-order valence-electron chi connectivity index (χ2n) is 4.59. The summed E-state index contributed by atoms with van der Waals surface area (Å²) in [4.78, 5) is 0. The molecule has 98 valence electrons. The highest BCUT2D eigenvalue weighted by molar-refractivity contribution is 5.15. The van der Waals surface area contributed by atoms with Gasteiger partial charge in [-0.1, -0.05) is 6.92 Å². The van der Waals surface area contributed by atoms with Crippen molar-refractivity contribution < 1.29 is 0 Å². The minimum absolute atomic E-state index is 0.791. The van der Waals surface area contributed by atoms with E-state index in [1.807, 2.05) is 28.7 Å². The van der Waals surface area contributed by atoms with Crippen molar-refractivity contribution in [2.75, 3.05) is 0 Å². The molecule has 0 amide bonds. The lowest BCUT2D eigenvalue weighted by Gasteiger charge is -2.01. The van der Waals surface area contributed by atoms with Crippen LogP contribution < -0.4 is 5.32 Å². The summed E-state index contributed by atoms with van der Waals surface area (Å²) in [6.07, 6.45) is 5.20. The first-order valence-corrected chi connectivity index (χ1v) is 6.41. The van der Waals surface area contributed by atoms with Gasteiger partial charge in [0.2, 0.25) is 0 Å². The average Bonchev–Trinajstić information content (AvgIpc) is 2.87. The summed E-state index contributed by atoms with van der Waals surface area (Å²) in [6.45, 7) is 6.84. The van der Waals surface area contributed by atoms with Gasteiger partial charge >= 0.3 is 0 Å². The highest BCUT2D eigenvalue weighted by atomic mass is 15.3. The SMILES string of the molecule is CCCn1cc(CNCc2ccn(C)n2)c(C)n1. The van der Waals surface area contributed by atoms with Crippen LogP contribution in [-0.4, -0.2) is 19.6 Å². The van der Waals surface area contributed by atoms with Gasteiger partial charge in [-0.05, 0) is 19.4 Å². The van der Waals surface area contributed by atoms with Crippen LogP contribution in [0.4, 0.5) is 0 Å². The third-order valence-electron chi connectivity index (χ3n) is 2.89. The van der Waals surface area contributed by atoms with Crippen molar-refractivity contribution in [2.45, 2.75) is 39.9 Å². The molecule has 0 unspecified atom stereocenters. The Labute approximate surface area is 108 Å². The van der Waals surface area contributed by atoms with Crippen molar-refractivity contribution in [3.05, 3.63) is 35.4 Å². The lowest BCUT2D eigenvalue weighted by Crippen LogP contribution is -2.13. The van der Waals surface area contributed by atoms with E-state index in [1.54, 1.807) is 0 Å². The number of nitrogens with one attached hydrogen (secondary N) is 1. The molecule has 0 radical (unpaired) electrons. The Morgan fingerprint density at radius 2 is 2.11 bits per heavy atom. The molecule has 5 heteroatoms. The summed E-state index contributed by atoms with van der Waals surface area (Å²) in [7, 11) is 1.93. The summed E-state index contributed by atoms with van der Waals surface area (Å²) in [6, 6.07) is 2.03. The Morgan fingerprint density at radius 1 is 1.28 bits per heavy atom. The molecular weight excluding hydrogens is 226 g/mol. The number of aromatic nitrogens is 4. The van der Waals surface area contributed by atoms with E-state index >= 15 is 0 Å². The van der Waals surface area contributed by atoms with Crippen molar-refractivity contribution >= 4 is 0 Å². The highest BCUT2D eigenvalue weighted by Gasteiger charge is 2.04. The molecule has 2 aromatic rings. The van der Waals surface area contributed by atoms with Gasteiger partial charge in [-0.2, -0.15) is 10.2 Å². The molecule has 5 nitrogen and oxygen atoms in total. The number of nitrogens with zero attached hydrogens (tertiary/aromatic N) is 4. The Hall–Kier alpha value is -1.62. The fraction of sp³-hybridized carbons (Fsp3) is 0.538. The van der Waals surface area contributed by atoms with E-state index in [0.717, 1.165) is 37.4 Å². The highest BCUT2D eigenvalue weighted by Crippen LogP contribution is 2.06. The van der Waals surface area contributed by atoms with Gasteiger partial charge in [-0.25, -0.2) is 0 Å². The molecule has 18 heavy (non-hydrogen) atoms. The molecule has 0 saturated carbocycles. The fourth-order valence-corrected chi connectivity index (χ4v) is 1.96. The molecular formula is C13H21N5. The van der Waals surface area contributed by atoms with E-state index < -0.39 is 0 Å². The summed E-state index contributed by atoms with van der Waals surface area (Å²) in [5.41, 5.74) is 3.44. The van der Waals surface area contributed by atoms with Gasteiger partial charge < -0.3 is 5.32 Å². The van der Waals surface area contributed by atoms with Gasteiger partial charge in [0.1, 0.15) is 0 Å². The van der Waals surface area contributed by atoms with Crippen LogP contribution in [-0.2, 0) is 26.7 Å². The van der Waals surface area contributed by atoms with Crippen LogP contribution in [0, 0.1) is 6.92 Å². The third kappa shape index (κ3) is 3.20. The van der Waals surface area contributed by atoms with Crippen LogP contribution in [0.25, 0.3) is 0 Å². The van der Waals surface area contributed by atoms with Crippen molar-refractivity contribution in [1.82, 2.24) is 24.9 Å². The number of hydrogen-bond donors (Lipinski definition) is 1. The Kier molecular flexibility index (Phi) is 4.15. The molecule has 2 heterocycles. The minimum atomic E-state index is 0.791. The zero-order valence-corrected chi connectivity index (χ0v) is 11.3. The zero-order valence-electron chi connectivity index (χ0n) is 11.3. The minimum Gasteiger partial charge on any atom is -0.307 e. The maximum Gasteiger partial charge on any atom is 0.0762 e. The van der Waals surface area contributed by atoms with Gasteiger partial charge in [0, 0.05) is 44.6 Å². The summed E-state index contributed by atoms with van der Waals surface area (Å²) in [5, 5.41) is 12.2. The number of hydrogen-bond acceptors (Lipinski definition) is 3. The van der Waals surface area contributed by atoms with E-state index in [9.17, 15) is 0 Å². The van der Waals surface area contributed by atoms with Crippen LogP contribution in [0.5, 0.6) is 0 Å². The third-order valence-corrected chi connectivity index (χ3v) is 2.89. The van der Waals surface area contributed by atoms with Gasteiger partial charge in [0.05, 0.1) is 11.4 Å². The predicted molar refractivity (Wildman–Crippen MR) is 71.0 cm³/mol. The summed E-state index contributed by atoms with van der Waals surface area (Å²) < 4.78 is 3.84. The van der Waals surface area contributed by atoms with E-state index in [1.165, 1.54) is 5.56 Å². The van der Waals surface area contributed by atoms with Crippen LogP contribution in [0.3, 0.4) is 0 Å². The topological polar surface area (TPSA) is 47.7 Å². The van der Waals surface area contributed by atoms with Gasteiger partial charge in [-0.3, -0.25) is 9.36 Å². The zero-order chi connectivity index (χ0) is 13.0. The smallest absolute Gasteiger partial charge is 0.0762 e. The normalized spacial score (nSPS) is 11.1. The summed E-state index contributed by atoms with van der Waals surface area (Å²) >= 11 is 0. The van der Waals surface area contributed by atoms with Gasteiger partial charge in [-0.15, -0.1) is 0 Å². The van der Waals surface area contributed by atoms with Crippen molar-refractivity contribution in [3.63, 3.8) is 0 Å². The van der Waals surface area contributed by atoms with Crippen LogP contribution >= 0.6 is 0 Å². The first kappa shape index (κ1) is 12.8. The molecule has 2 aromatic heterocycles.